The molecule has 1 saturated heterocycles. The van der Waals surface area contributed by atoms with Crippen molar-refractivity contribution in [3.63, 3.8) is 0 Å². The van der Waals surface area contributed by atoms with Gasteiger partial charge in [-0.15, -0.1) is 0 Å². The Morgan fingerprint density at radius 2 is 2.14 bits per heavy atom. The third-order valence-electron chi connectivity index (χ3n) is 2.47. The van der Waals surface area contributed by atoms with Gasteiger partial charge in [0.15, 0.2) is 0 Å². The summed E-state index contributed by atoms with van der Waals surface area (Å²) in [5, 5.41) is 3.50. The summed E-state index contributed by atoms with van der Waals surface area (Å²) >= 11 is 2.10. The van der Waals surface area contributed by atoms with Gasteiger partial charge in [0.25, 0.3) is 0 Å². The molecule has 3 heteroatoms. The quantitative estimate of drug-likeness (QED) is 0.704. The Labute approximate surface area is 92.8 Å². The zero-order valence-corrected chi connectivity index (χ0v) is 10.4. The van der Waals surface area contributed by atoms with Gasteiger partial charge in [-0.1, -0.05) is 13.8 Å². The molecule has 0 radical (unpaired) electrons. The fraction of sp³-hybridized carbons (Fsp3) is 1.00. The number of hydrogen-bond acceptors (Lipinski definition) is 3. The Morgan fingerprint density at radius 3 is 2.93 bits per heavy atom. The maximum absolute atomic E-state index is 3.50. The highest BCUT2D eigenvalue weighted by Gasteiger charge is 2.07. The van der Waals surface area contributed by atoms with Crippen LogP contribution in [0.3, 0.4) is 0 Å². The first-order chi connectivity index (χ1) is 6.79. The molecule has 1 heterocycles. The molecule has 0 aromatic rings. The van der Waals surface area contributed by atoms with E-state index in [1.807, 2.05) is 0 Å². The molecule has 0 saturated carbocycles. The average molecular weight is 216 g/mol. The van der Waals surface area contributed by atoms with Crippen molar-refractivity contribution in [2.45, 2.75) is 20.3 Å². The SMILES string of the molecule is CC(C)CNCCN1CCCSCC1. The first-order valence-corrected chi connectivity index (χ1v) is 6.95. The van der Waals surface area contributed by atoms with Gasteiger partial charge >= 0.3 is 0 Å². The Kier molecular flexibility index (Phi) is 6.65. The van der Waals surface area contributed by atoms with Gasteiger partial charge in [0.05, 0.1) is 0 Å². The summed E-state index contributed by atoms with van der Waals surface area (Å²) < 4.78 is 0. The van der Waals surface area contributed by atoms with E-state index in [1.165, 1.54) is 37.6 Å². The van der Waals surface area contributed by atoms with E-state index >= 15 is 0 Å². The van der Waals surface area contributed by atoms with Crippen LogP contribution in [-0.2, 0) is 0 Å². The Morgan fingerprint density at radius 1 is 1.29 bits per heavy atom. The number of hydrogen-bond donors (Lipinski definition) is 1. The lowest BCUT2D eigenvalue weighted by Gasteiger charge is -2.19. The van der Waals surface area contributed by atoms with Gasteiger partial charge in [0, 0.05) is 25.4 Å². The van der Waals surface area contributed by atoms with Crippen LogP contribution in [0.25, 0.3) is 0 Å². The van der Waals surface area contributed by atoms with Crippen molar-refractivity contribution in [1.29, 1.82) is 0 Å². The maximum Gasteiger partial charge on any atom is 0.0107 e. The van der Waals surface area contributed by atoms with Gasteiger partial charge in [-0.3, -0.25) is 0 Å². The fourth-order valence-electron chi connectivity index (χ4n) is 1.65. The van der Waals surface area contributed by atoms with Gasteiger partial charge in [0.2, 0.25) is 0 Å². The molecule has 1 rings (SSSR count). The number of nitrogens with zero attached hydrogens (tertiary/aromatic N) is 1. The van der Waals surface area contributed by atoms with Gasteiger partial charge in [-0.2, -0.15) is 11.8 Å². The molecule has 0 aromatic carbocycles. The molecule has 14 heavy (non-hydrogen) atoms. The molecule has 0 unspecified atom stereocenters. The second-order valence-electron chi connectivity index (χ2n) is 4.41. The largest absolute Gasteiger partial charge is 0.315 e. The molecule has 0 bridgehead atoms. The first kappa shape index (κ1) is 12.3. The summed E-state index contributed by atoms with van der Waals surface area (Å²) in [6.45, 7) is 10.6. The molecule has 2 nitrogen and oxygen atoms in total. The summed E-state index contributed by atoms with van der Waals surface area (Å²) in [6, 6.07) is 0. The normalized spacial score (nSPS) is 19.9. The summed E-state index contributed by atoms with van der Waals surface area (Å²) in [5.41, 5.74) is 0. The number of nitrogens with one attached hydrogen (secondary N) is 1. The molecule has 84 valence electrons. The molecule has 1 aliphatic heterocycles. The van der Waals surface area contributed by atoms with Crippen molar-refractivity contribution in [1.82, 2.24) is 10.2 Å². The van der Waals surface area contributed by atoms with Crippen molar-refractivity contribution in [2.75, 3.05) is 44.2 Å². The van der Waals surface area contributed by atoms with Crippen molar-refractivity contribution in [3.05, 3.63) is 0 Å². The highest BCUT2D eigenvalue weighted by atomic mass is 32.2. The molecular weight excluding hydrogens is 192 g/mol. The van der Waals surface area contributed by atoms with Gasteiger partial charge in [-0.05, 0) is 31.2 Å². The van der Waals surface area contributed by atoms with Crippen LogP contribution in [0.1, 0.15) is 20.3 Å². The molecule has 1 N–H and O–H groups in total. The third-order valence-corrected chi connectivity index (χ3v) is 3.52. The number of thioether (sulfide) groups is 1. The molecule has 0 spiro atoms. The highest BCUT2D eigenvalue weighted by Crippen LogP contribution is 2.08. The second kappa shape index (κ2) is 7.55. The molecular formula is C11H24N2S. The Bertz CT molecular complexity index is 131. The van der Waals surface area contributed by atoms with E-state index in [9.17, 15) is 0 Å². The van der Waals surface area contributed by atoms with E-state index in [1.54, 1.807) is 0 Å². The minimum atomic E-state index is 0.773. The summed E-state index contributed by atoms with van der Waals surface area (Å²) in [4.78, 5) is 2.59. The van der Waals surface area contributed by atoms with E-state index in [0.717, 1.165) is 19.0 Å². The van der Waals surface area contributed by atoms with Gasteiger partial charge < -0.3 is 10.2 Å². The van der Waals surface area contributed by atoms with Crippen LogP contribution in [0.5, 0.6) is 0 Å². The van der Waals surface area contributed by atoms with E-state index in [2.05, 4.69) is 35.8 Å². The molecule has 0 aromatic heterocycles. The average Bonchev–Trinajstić information content (AvgIpc) is 2.40. The number of rotatable bonds is 5. The van der Waals surface area contributed by atoms with Crippen LogP contribution in [-0.4, -0.2) is 49.1 Å². The van der Waals surface area contributed by atoms with Crippen LogP contribution in [0.15, 0.2) is 0 Å². The van der Waals surface area contributed by atoms with E-state index < -0.39 is 0 Å². The molecule has 1 aliphatic rings. The van der Waals surface area contributed by atoms with E-state index in [4.69, 9.17) is 0 Å². The van der Waals surface area contributed by atoms with Crippen molar-refractivity contribution >= 4 is 11.8 Å². The lowest BCUT2D eigenvalue weighted by atomic mass is 10.2. The van der Waals surface area contributed by atoms with Crippen LogP contribution in [0, 0.1) is 5.92 Å². The van der Waals surface area contributed by atoms with Crippen LogP contribution < -0.4 is 5.32 Å². The predicted octanol–water partition coefficient (Wildman–Crippen LogP) is 1.67. The molecule has 0 atom stereocenters. The van der Waals surface area contributed by atoms with Crippen LogP contribution >= 0.6 is 11.8 Å². The minimum Gasteiger partial charge on any atom is -0.315 e. The third kappa shape index (κ3) is 5.89. The maximum atomic E-state index is 3.50. The highest BCUT2D eigenvalue weighted by molar-refractivity contribution is 7.99. The fourth-order valence-corrected chi connectivity index (χ4v) is 2.57. The zero-order chi connectivity index (χ0) is 10.2. The minimum absolute atomic E-state index is 0.773. The lowest BCUT2D eigenvalue weighted by molar-refractivity contribution is 0.292. The van der Waals surface area contributed by atoms with Crippen molar-refractivity contribution in [2.24, 2.45) is 5.92 Å². The van der Waals surface area contributed by atoms with E-state index in [0.29, 0.717) is 0 Å². The Hall–Kier alpha value is 0.270. The summed E-state index contributed by atoms with van der Waals surface area (Å²) in [6.07, 6.45) is 1.37. The van der Waals surface area contributed by atoms with Crippen molar-refractivity contribution < 1.29 is 0 Å². The first-order valence-electron chi connectivity index (χ1n) is 5.80. The smallest absolute Gasteiger partial charge is 0.0107 e. The molecule has 0 aliphatic carbocycles. The summed E-state index contributed by atoms with van der Waals surface area (Å²) in [5.74, 6) is 3.45. The van der Waals surface area contributed by atoms with Gasteiger partial charge in [0.1, 0.15) is 0 Å². The van der Waals surface area contributed by atoms with E-state index in [-0.39, 0.29) is 0 Å². The lowest BCUT2D eigenvalue weighted by Crippen LogP contribution is -2.34. The van der Waals surface area contributed by atoms with Gasteiger partial charge in [-0.25, -0.2) is 0 Å². The van der Waals surface area contributed by atoms with Crippen LogP contribution in [0.2, 0.25) is 0 Å². The Balaban J connectivity index is 1.99. The van der Waals surface area contributed by atoms with Crippen LogP contribution in [0.4, 0.5) is 0 Å². The summed E-state index contributed by atoms with van der Waals surface area (Å²) in [7, 11) is 0. The zero-order valence-electron chi connectivity index (χ0n) is 9.59. The predicted molar refractivity (Wildman–Crippen MR) is 66.1 cm³/mol. The second-order valence-corrected chi connectivity index (χ2v) is 5.63. The van der Waals surface area contributed by atoms with Crippen molar-refractivity contribution in [3.8, 4) is 0 Å². The molecule has 1 fully saturated rings. The monoisotopic (exact) mass is 216 g/mol. The topological polar surface area (TPSA) is 15.3 Å². The standard InChI is InChI=1S/C11H24N2S/c1-11(2)10-12-4-6-13-5-3-8-14-9-7-13/h11-12H,3-10H2,1-2H3. The molecule has 0 amide bonds.